The van der Waals surface area contributed by atoms with E-state index in [2.05, 4.69) is 41.3 Å². The van der Waals surface area contributed by atoms with Gasteiger partial charge in [0.2, 0.25) is 0 Å². The van der Waals surface area contributed by atoms with Gasteiger partial charge in [-0.1, -0.05) is 26.7 Å². The van der Waals surface area contributed by atoms with E-state index in [1.54, 1.807) is 13.0 Å². The average molecular weight is 263 g/mol. The first-order chi connectivity index (χ1) is 9.06. The molecular weight excluding hydrogens is 242 g/mol. The Morgan fingerprint density at radius 1 is 1.42 bits per heavy atom. The monoisotopic (exact) mass is 263 g/mol. The van der Waals surface area contributed by atoms with E-state index in [1.807, 2.05) is 0 Å². The first-order valence-corrected chi connectivity index (χ1v) is 6.78. The predicted molar refractivity (Wildman–Crippen MR) is 75.5 cm³/mol. The molecule has 19 heavy (non-hydrogen) atoms. The number of nitrogens with zero attached hydrogens (tertiary/aromatic N) is 3. The van der Waals surface area contributed by atoms with Crippen molar-refractivity contribution < 1.29 is 0 Å². The zero-order valence-electron chi connectivity index (χ0n) is 11.9. The largest absolute Gasteiger partial charge is 0.367 e. The molecule has 0 aromatic carbocycles. The molecule has 0 aliphatic heterocycles. The molecule has 0 radical (unpaired) electrons. The van der Waals surface area contributed by atoms with Crippen molar-refractivity contribution in [2.75, 3.05) is 5.32 Å². The Kier molecular flexibility index (Phi) is 3.87. The van der Waals surface area contributed by atoms with Crippen LogP contribution in [0.4, 0.5) is 5.82 Å². The number of aromatic nitrogens is 4. The first-order valence-electron chi connectivity index (χ1n) is 6.78. The van der Waals surface area contributed by atoms with Crippen LogP contribution >= 0.6 is 0 Å². The Balaban J connectivity index is 2.29. The van der Waals surface area contributed by atoms with Gasteiger partial charge in [-0.2, -0.15) is 5.10 Å². The van der Waals surface area contributed by atoms with Gasteiger partial charge in [-0.25, -0.2) is 19.3 Å². The lowest BCUT2D eigenvalue weighted by molar-refractivity contribution is 0.437. The van der Waals surface area contributed by atoms with Crippen LogP contribution < -0.4 is 11.0 Å². The highest BCUT2D eigenvalue weighted by Gasteiger charge is 2.15. The number of anilines is 1. The van der Waals surface area contributed by atoms with Crippen molar-refractivity contribution in [2.45, 2.75) is 46.6 Å². The molecule has 6 heteroatoms. The van der Waals surface area contributed by atoms with Gasteiger partial charge < -0.3 is 5.32 Å². The Morgan fingerprint density at radius 3 is 2.74 bits per heavy atom. The molecule has 0 fully saturated rings. The fraction of sp³-hybridized carbons (Fsp3) is 0.615. The number of fused-ring (bicyclic) bond motifs is 1. The molecule has 0 saturated carbocycles. The second-order valence-electron chi connectivity index (χ2n) is 4.92. The van der Waals surface area contributed by atoms with Gasteiger partial charge in [0.05, 0.1) is 0 Å². The van der Waals surface area contributed by atoms with Crippen LogP contribution in [-0.4, -0.2) is 25.6 Å². The zero-order chi connectivity index (χ0) is 14.0. The molecule has 1 atom stereocenters. The lowest BCUT2D eigenvalue weighted by atomic mass is 9.95. The third kappa shape index (κ3) is 2.62. The number of hydrogen-bond acceptors (Lipinski definition) is 4. The molecule has 2 N–H and O–H groups in total. The third-order valence-corrected chi connectivity index (χ3v) is 3.70. The van der Waals surface area contributed by atoms with Crippen molar-refractivity contribution in [2.24, 2.45) is 5.92 Å². The summed E-state index contributed by atoms with van der Waals surface area (Å²) >= 11 is 0. The average Bonchev–Trinajstić information content (AvgIpc) is 2.72. The number of aryl methyl sites for hydroxylation is 1. The summed E-state index contributed by atoms with van der Waals surface area (Å²) < 4.78 is 1.47. The van der Waals surface area contributed by atoms with Crippen LogP contribution in [0.3, 0.4) is 0 Å². The molecule has 0 aliphatic carbocycles. The molecule has 6 nitrogen and oxygen atoms in total. The van der Waals surface area contributed by atoms with Gasteiger partial charge in [0, 0.05) is 12.1 Å². The number of rotatable bonds is 5. The van der Waals surface area contributed by atoms with E-state index in [0.717, 1.165) is 18.7 Å². The zero-order valence-corrected chi connectivity index (χ0v) is 11.9. The molecule has 0 spiro atoms. The van der Waals surface area contributed by atoms with E-state index >= 15 is 0 Å². The lowest BCUT2D eigenvalue weighted by Crippen LogP contribution is -2.26. The molecule has 0 saturated heterocycles. The predicted octanol–water partition coefficient (Wildman–Crippen LogP) is 1.96. The normalized spacial score (nSPS) is 13.1. The van der Waals surface area contributed by atoms with Crippen molar-refractivity contribution in [1.82, 2.24) is 19.6 Å². The van der Waals surface area contributed by atoms with Crippen LogP contribution in [0.5, 0.6) is 0 Å². The highest BCUT2D eigenvalue weighted by atomic mass is 16.1. The molecule has 2 rings (SSSR count). The summed E-state index contributed by atoms with van der Waals surface area (Å²) in [6.07, 6.45) is 2.27. The van der Waals surface area contributed by atoms with Crippen molar-refractivity contribution in [3.8, 4) is 0 Å². The van der Waals surface area contributed by atoms with Crippen molar-refractivity contribution in [3.63, 3.8) is 0 Å². The maximum absolute atomic E-state index is 11.5. The SMILES string of the molecule is CCC(CC)C(C)Nc1cc2n[nH]c(=O)n2c(C)n1. The summed E-state index contributed by atoms with van der Waals surface area (Å²) in [5.74, 6) is 2.01. The maximum atomic E-state index is 11.5. The standard InChI is InChI=1S/C13H21N5O/c1-5-10(6-2)8(3)14-11-7-12-16-17-13(19)18(12)9(4)15-11/h7-8,10,14H,5-6H2,1-4H3,(H,17,19). The molecular formula is C13H21N5O. The number of H-pyrrole nitrogens is 1. The minimum absolute atomic E-state index is 0.250. The van der Waals surface area contributed by atoms with Crippen LogP contribution in [-0.2, 0) is 0 Å². The van der Waals surface area contributed by atoms with E-state index in [1.165, 1.54) is 4.40 Å². The summed E-state index contributed by atoms with van der Waals surface area (Å²) in [6.45, 7) is 8.36. The maximum Gasteiger partial charge on any atom is 0.349 e. The first kappa shape index (κ1) is 13.6. The van der Waals surface area contributed by atoms with Gasteiger partial charge in [0.25, 0.3) is 0 Å². The number of nitrogens with one attached hydrogen (secondary N) is 2. The number of hydrogen-bond donors (Lipinski definition) is 2. The Hall–Kier alpha value is -1.85. The topological polar surface area (TPSA) is 75.1 Å². The van der Waals surface area contributed by atoms with Gasteiger partial charge >= 0.3 is 5.69 Å². The van der Waals surface area contributed by atoms with E-state index in [9.17, 15) is 4.79 Å². The molecule has 2 aromatic heterocycles. The van der Waals surface area contributed by atoms with Crippen LogP contribution in [0.1, 0.15) is 39.4 Å². The van der Waals surface area contributed by atoms with Crippen molar-refractivity contribution in [1.29, 1.82) is 0 Å². The quantitative estimate of drug-likeness (QED) is 0.864. The summed E-state index contributed by atoms with van der Waals surface area (Å²) in [5.41, 5.74) is 0.344. The molecule has 2 aromatic rings. The van der Waals surface area contributed by atoms with Crippen LogP contribution in [0, 0.1) is 12.8 Å². The summed E-state index contributed by atoms with van der Waals surface area (Å²) in [6, 6.07) is 2.14. The van der Waals surface area contributed by atoms with Crippen molar-refractivity contribution >= 4 is 11.5 Å². The van der Waals surface area contributed by atoms with E-state index < -0.39 is 0 Å². The summed E-state index contributed by atoms with van der Waals surface area (Å²) in [4.78, 5) is 15.9. The van der Waals surface area contributed by atoms with Crippen LogP contribution in [0.2, 0.25) is 0 Å². The summed E-state index contributed by atoms with van der Waals surface area (Å²) in [5, 5.41) is 9.82. The second kappa shape index (κ2) is 5.42. The number of aromatic amines is 1. The van der Waals surface area contributed by atoms with Crippen LogP contribution in [0.15, 0.2) is 10.9 Å². The molecule has 0 aliphatic rings. The molecule has 104 valence electrons. The highest BCUT2D eigenvalue weighted by Crippen LogP contribution is 2.17. The Morgan fingerprint density at radius 2 is 2.11 bits per heavy atom. The fourth-order valence-corrected chi connectivity index (χ4v) is 2.52. The fourth-order valence-electron chi connectivity index (χ4n) is 2.52. The van der Waals surface area contributed by atoms with Gasteiger partial charge in [0.15, 0.2) is 5.65 Å². The van der Waals surface area contributed by atoms with Gasteiger partial charge in [-0.15, -0.1) is 0 Å². The van der Waals surface area contributed by atoms with Gasteiger partial charge in [-0.05, 0) is 19.8 Å². The minimum atomic E-state index is -0.250. The molecule has 0 bridgehead atoms. The van der Waals surface area contributed by atoms with E-state index in [4.69, 9.17) is 0 Å². The van der Waals surface area contributed by atoms with E-state index in [-0.39, 0.29) is 5.69 Å². The van der Waals surface area contributed by atoms with E-state index in [0.29, 0.717) is 23.4 Å². The smallest absolute Gasteiger partial charge is 0.349 e. The molecule has 0 amide bonds. The van der Waals surface area contributed by atoms with Gasteiger partial charge in [-0.3, -0.25) is 0 Å². The third-order valence-electron chi connectivity index (χ3n) is 3.70. The highest BCUT2D eigenvalue weighted by molar-refractivity contribution is 5.50. The Labute approximate surface area is 112 Å². The lowest BCUT2D eigenvalue weighted by Gasteiger charge is -2.23. The van der Waals surface area contributed by atoms with Crippen molar-refractivity contribution in [3.05, 3.63) is 22.4 Å². The second-order valence-corrected chi connectivity index (χ2v) is 4.92. The van der Waals surface area contributed by atoms with Crippen LogP contribution in [0.25, 0.3) is 5.65 Å². The van der Waals surface area contributed by atoms with Gasteiger partial charge in [0.1, 0.15) is 11.6 Å². The Bertz CT molecular complexity index is 611. The summed E-state index contributed by atoms with van der Waals surface area (Å²) in [7, 11) is 0. The molecule has 1 unspecified atom stereocenters. The molecule has 2 heterocycles. The minimum Gasteiger partial charge on any atom is -0.367 e.